The molecule has 0 atom stereocenters. The first-order valence-corrected chi connectivity index (χ1v) is 8.86. The molecule has 0 saturated carbocycles. The lowest BCUT2D eigenvalue weighted by molar-refractivity contribution is -0.117. The van der Waals surface area contributed by atoms with Crippen molar-refractivity contribution in [1.29, 1.82) is 0 Å². The number of carbonyl (C=O) groups excluding carboxylic acids is 1. The Morgan fingerprint density at radius 1 is 1.27 bits per heavy atom. The van der Waals surface area contributed by atoms with E-state index in [1.54, 1.807) is 12.1 Å². The summed E-state index contributed by atoms with van der Waals surface area (Å²) in [6.07, 6.45) is 2.93. The highest BCUT2D eigenvalue weighted by Gasteiger charge is 2.21. The van der Waals surface area contributed by atoms with Crippen LogP contribution in [0.1, 0.15) is 24.4 Å². The van der Waals surface area contributed by atoms with Crippen molar-refractivity contribution < 1.29 is 9.18 Å². The Morgan fingerprint density at radius 2 is 1.96 bits per heavy atom. The molecule has 3 rings (SSSR count). The molecule has 0 radical (unpaired) electrons. The Kier molecular flexibility index (Phi) is 5.78. The molecule has 1 aromatic carbocycles. The van der Waals surface area contributed by atoms with Crippen LogP contribution in [-0.2, 0) is 11.2 Å². The maximum atomic E-state index is 12.9. The van der Waals surface area contributed by atoms with Crippen LogP contribution in [-0.4, -0.2) is 40.4 Å². The lowest BCUT2D eigenvalue weighted by atomic mass is 9.92. The first kappa shape index (κ1) is 18.3. The molecule has 0 spiro atoms. The zero-order valence-electron chi connectivity index (χ0n) is 14.9. The molecule has 1 aliphatic rings. The summed E-state index contributed by atoms with van der Waals surface area (Å²) in [5.74, 6) is 1.37. The van der Waals surface area contributed by atoms with E-state index in [9.17, 15) is 9.18 Å². The number of amides is 1. The quantitative estimate of drug-likeness (QED) is 0.858. The van der Waals surface area contributed by atoms with E-state index in [0.29, 0.717) is 29.8 Å². The summed E-state index contributed by atoms with van der Waals surface area (Å²) in [7, 11) is 0. The molecule has 3 N–H and O–H groups in total. The fourth-order valence-corrected chi connectivity index (χ4v) is 3.34. The maximum absolute atomic E-state index is 12.9. The van der Waals surface area contributed by atoms with Crippen LogP contribution < -0.4 is 11.1 Å². The highest BCUT2D eigenvalue weighted by atomic mass is 19.1. The third-order valence-corrected chi connectivity index (χ3v) is 4.61. The third kappa shape index (κ3) is 5.23. The molecule has 0 aliphatic carbocycles. The summed E-state index contributed by atoms with van der Waals surface area (Å²) >= 11 is 0. The van der Waals surface area contributed by atoms with Crippen LogP contribution in [0.3, 0.4) is 0 Å². The molecule has 6 nitrogen and oxygen atoms in total. The average Bonchev–Trinajstić information content (AvgIpc) is 2.58. The number of hydrogen-bond acceptors (Lipinski definition) is 5. The Labute approximate surface area is 152 Å². The van der Waals surface area contributed by atoms with E-state index < -0.39 is 0 Å². The van der Waals surface area contributed by atoms with Crippen molar-refractivity contribution in [1.82, 2.24) is 14.9 Å². The van der Waals surface area contributed by atoms with E-state index >= 15 is 0 Å². The van der Waals surface area contributed by atoms with Crippen LogP contribution in [0.25, 0.3) is 0 Å². The Bertz CT molecular complexity index is 737. The van der Waals surface area contributed by atoms with Gasteiger partial charge in [-0.05, 0) is 69.5 Å². The van der Waals surface area contributed by atoms with Crippen LogP contribution in [0.2, 0.25) is 0 Å². The Hall–Kier alpha value is -2.54. The van der Waals surface area contributed by atoms with Crippen LogP contribution >= 0.6 is 0 Å². The largest absolute Gasteiger partial charge is 0.384 e. The number of nitrogen functional groups attached to an aromatic ring is 1. The summed E-state index contributed by atoms with van der Waals surface area (Å²) in [5.41, 5.74) is 7.39. The first-order chi connectivity index (χ1) is 12.5. The van der Waals surface area contributed by atoms with Gasteiger partial charge in [0.05, 0.1) is 6.54 Å². The van der Waals surface area contributed by atoms with Crippen molar-refractivity contribution >= 4 is 17.4 Å². The van der Waals surface area contributed by atoms with Gasteiger partial charge in [-0.25, -0.2) is 14.4 Å². The number of anilines is 2. The first-order valence-electron chi connectivity index (χ1n) is 8.86. The van der Waals surface area contributed by atoms with E-state index in [4.69, 9.17) is 5.73 Å². The van der Waals surface area contributed by atoms with Gasteiger partial charge in [0, 0.05) is 17.4 Å². The van der Waals surface area contributed by atoms with Crippen LogP contribution in [0.5, 0.6) is 0 Å². The molecule has 1 fully saturated rings. The van der Waals surface area contributed by atoms with Gasteiger partial charge in [0.15, 0.2) is 0 Å². The number of carbonyl (C=O) groups is 1. The van der Waals surface area contributed by atoms with Gasteiger partial charge in [0.1, 0.15) is 17.5 Å². The monoisotopic (exact) mass is 357 g/mol. The summed E-state index contributed by atoms with van der Waals surface area (Å²) in [6.45, 7) is 3.95. The van der Waals surface area contributed by atoms with E-state index in [2.05, 4.69) is 20.2 Å². The lowest BCUT2D eigenvalue weighted by Crippen LogP contribution is -2.39. The fourth-order valence-electron chi connectivity index (χ4n) is 3.34. The van der Waals surface area contributed by atoms with Gasteiger partial charge in [-0.15, -0.1) is 0 Å². The molecule has 26 heavy (non-hydrogen) atoms. The molecule has 7 heteroatoms. The number of piperidine rings is 1. The third-order valence-electron chi connectivity index (χ3n) is 4.61. The lowest BCUT2D eigenvalue weighted by Gasteiger charge is -2.31. The van der Waals surface area contributed by atoms with Crippen LogP contribution in [0.15, 0.2) is 30.3 Å². The zero-order valence-corrected chi connectivity index (χ0v) is 14.9. The molecular weight excluding hydrogens is 333 g/mol. The molecular formula is C19H24FN5O. The minimum absolute atomic E-state index is 0.0748. The molecule has 0 bridgehead atoms. The molecule has 2 aromatic rings. The van der Waals surface area contributed by atoms with E-state index in [1.165, 1.54) is 12.1 Å². The molecule has 1 aliphatic heterocycles. The number of hydrogen-bond donors (Lipinski definition) is 2. The summed E-state index contributed by atoms with van der Waals surface area (Å²) in [4.78, 5) is 22.8. The second-order valence-corrected chi connectivity index (χ2v) is 6.81. The van der Waals surface area contributed by atoms with Crippen molar-refractivity contribution in [2.45, 2.75) is 26.2 Å². The second-order valence-electron chi connectivity index (χ2n) is 6.81. The molecule has 2 heterocycles. The predicted molar refractivity (Wildman–Crippen MR) is 99.1 cm³/mol. The molecule has 138 valence electrons. The number of nitrogens with zero attached hydrogens (tertiary/aromatic N) is 3. The highest BCUT2D eigenvalue weighted by Crippen LogP contribution is 2.21. The van der Waals surface area contributed by atoms with Gasteiger partial charge in [0.25, 0.3) is 0 Å². The number of halogens is 1. The normalized spacial score (nSPS) is 15.8. The highest BCUT2D eigenvalue weighted by molar-refractivity contribution is 5.92. The van der Waals surface area contributed by atoms with Crippen molar-refractivity contribution in [2.75, 3.05) is 30.7 Å². The SMILES string of the molecule is Cc1nc(N)cc(CC2CCN(CC(=O)Nc3ccc(F)cc3)CC2)n1. The van der Waals surface area contributed by atoms with Gasteiger partial charge in [0.2, 0.25) is 5.91 Å². The summed E-state index contributed by atoms with van der Waals surface area (Å²) in [5, 5.41) is 2.80. The van der Waals surface area contributed by atoms with Crippen molar-refractivity contribution in [2.24, 2.45) is 5.92 Å². The standard InChI is InChI=1S/C19H24FN5O/c1-13-22-17(11-18(21)23-13)10-14-6-8-25(9-7-14)12-19(26)24-16-4-2-15(20)3-5-16/h2-5,11,14H,6-10,12H2,1H3,(H,24,26)(H2,21,22,23). The number of nitrogens with one attached hydrogen (secondary N) is 1. The van der Waals surface area contributed by atoms with E-state index in [1.807, 2.05) is 13.0 Å². The number of benzene rings is 1. The van der Waals surface area contributed by atoms with Gasteiger partial charge >= 0.3 is 0 Å². The number of likely N-dealkylation sites (tertiary alicyclic amines) is 1. The topological polar surface area (TPSA) is 84.1 Å². The van der Waals surface area contributed by atoms with Crippen LogP contribution in [0, 0.1) is 18.7 Å². The van der Waals surface area contributed by atoms with Gasteiger partial charge in [-0.3, -0.25) is 9.69 Å². The van der Waals surface area contributed by atoms with Crippen molar-refractivity contribution in [3.05, 3.63) is 47.7 Å². The number of rotatable bonds is 5. The van der Waals surface area contributed by atoms with Crippen molar-refractivity contribution in [3.63, 3.8) is 0 Å². The van der Waals surface area contributed by atoms with Gasteiger partial charge in [-0.2, -0.15) is 0 Å². The van der Waals surface area contributed by atoms with Gasteiger partial charge in [-0.1, -0.05) is 0 Å². The molecule has 1 amide bonds. The zero-order chi connectivity index (χ0) is 18.5. The summed E-state index contributed by atoms with van der Waals surface area (Å²) in [6, 6.07) is 7.64. The molecule has 1 saturated heterocycles. The fraction of sp³-hybridized carbons (Fsp3) is 0.421. The maximum Gasteiger partial charge on any atom is 0.238 e. The van der Waals surface area contributed by atoms with Crippen LogP contribution in [0.4, 0.5) is 15.9 Å². The minimum atomic E-state index is -0.314. The predicted octanol–water partition coefficient (Wildman–Crippen LogP) is 2.40. The van der Waals surface area contributed by atoms with E-state index in [-0.39, 0.29) is 11.7 Å². The van der Waals surface area contributed by atoms with Gasteiger partial charge < -0.3 is 11.1 Å². The number of nitrogens with two attached hydrogens (primary N) is 1. The smallest absolute Gasteiger partial charge is 0.238 e. The Balaban J connectivity index is 1.44. The second kappa shape index (κ2) is 8.23. The number of aryl methyl sites for hydroxylation is 1. The van der Waals surface area contributed by atoms with E-state index in [0.717, 1.165) is 38.0 Å². The average molecular weight is 357 g/mol. The molecule has 0 unspecified atom stereocenters. The summed E-state index contributed by atoms with van der Waals surface area (Å²) < 4.78 is 12.9. The minimum Gasteiger partial charge on any atom is -0.384 e. The molecule has 1 aromatic heterocycles. The number of aromatic nitrogens is 2. The van der Waals surface area contributed by atoms with Crippen molar-refractivity contribution in [3.8, 4) is 0 Å². The Morgan fingerprint density at radius 3 is 2.62 bits per heavy atom.